The molecule has 0 bridgehead atoms. The molecule has 1 rings (SSSR count). The van der Waals surface area contributed by atoms with Crippen LogP contribution in [0.3, 0.4) is 0 Å². The van der Waals surface area contributed by atoms with E-state index in [1.165, 1.54) is 24.8 Å². The van der Waals surface area contributed by atoms with Gasteiger partial charge in [0.05, 0.1) is 11.7 Å². The molecular formula is C17H22N2. The highest BCUT2D eigenvalue weighted by atomic mass is 14.8. The Morgan fingerprint density at radius 3 is 2.58 bits per heavy atom. The van der Waals surface area contributed by atoms with Crippen molar-refractivity contribution in [3.8, 4) is 12.3 Å². The van der Waals surface area contributed by atoms with Crippen molar-refractivity contribution in [2.45, 2.75) is 45.4 Å². The number of hydrogen-bond acceptors (Lipinski definition) is 2. The zero-order chi connectivity index (χ0) is 13.8. The Hall–Kier alpha value is -1.84. The molecule has 0 saturated heterocycles. The predicted octanol–water partition coefficient (Wildman–Crippen LogP) is 4.64. The van der Waals surface area contributed by atoms with Gasteiger partial charge in [0.2, 0.25) is 0 Å². The van der Waals surface area contributed by atoms with E-state index in [4.69, 9.17) is 6.42 Å². The van der Waals surface area contributed by atoms with Gasteiger partial charge in [0.1, 0.15) is 0 Å². The van der Waals surface area contributed by atoms with Gasteiger partial charge < -0.3 is 0 Å². The van der Waals surface area contributed by atoms with Crippen molar-refractivity contribution < 1.29 is 0 Å². The highest BCUT2D eigenvalue weighted by Crippen LogP contribution is 2.13. The first-order valence-corrected chi connectivity index (χ1v) is 7.01. The Labute approximate surface area is 116 Å². The highest BCUT2D eigenvalue weighted by Gasteiger charge is 1.92. The van der Waals surface area contributed by atoms with Gasteiger partial charge in [-0.25, -0.2) is 4.99 Å². The Morgan fingerprint density at radius 2 is 1.89 bits per heavy atom. The molecule has 1 aromatic carbocycles. The van der Waals surface area contributed by atoms with Crippen LogP contribution in [-0.4, -0.2) is 12.6 Å². The summed E-state index contributed by atoms with van der Waals surface area (Å²) in [6.07, 6.45) is 11.8. The molecule has 0 aliphatic carbocycles. The predicted molar refractivity (Wildman–Crippen MR) is 82.1 cm³/mol. The van der Waals surface area contributed by atoms with E-state index in [1.54, 1.807) is 0 Å². The van der Waals surface area contributed by atoms with E-state index in [2.05, 4.69) is 41.0 Å². The molecule has 2 heteroatoms. The van der Waals surface area contributed by atoms with Crippen LogP contribution in [0.4, 0.5) is 5.69 Å². The summed E-state index contributed by atoms with van der Waals surface area (Å²) in [7, 11) is 0. The smallest absolute Gasteiger partial charge is 0.0948 e. The van der Waals surface area contributed by atoms with Crippen molar-refractivity contribution in [1.29, 1.82) is 0 Å². The molecule has 0 heterocycles. The highest BCUT2D eigenvalue weighted by molar-refractivity contribution is 5.52. The molecule has 19 heavy (non-hydrogen) atoms. The molecule has 0 saturated carbocycles. The second kappa shape index (κ2) is 10.1. The lowest BCUT2D eigenvalue weighted by molar-refractivity contribution is 0.676. The van der Waals surface area contributed by atoms with E-state index in [0.29, 0.717) is 0 Å². The monoisotopic (exact) mass is 254 g/mol. The topological polar surface area (TPSA) is 24.7 Å². The first-order valence-electron chi connectivity index (χ1n) is 7.01. The number of nitrogens with zero attached hydrogens (tertiary/aromatic N) is 2. The fourth-order valence-electron chi connectivity index (χ4n) is 1.71. The summed E-state index contributed by atoms with van der Waals surface area (Å²) >= 11 is 0. The van der Waals surface area contributed by atoms with Gasteiger partial charge in [-0.05, 0) is 30.5 Å². The van der Waals surface area contributed by atoms with Gasteiger partial charge in [0, 0.05) is 13.0 Å². The minimum absolute atomic E-state index is 0.780. The van der Waals surface area contributed by atoms with Crippen LogP contribution in [0, 0.1) is 12.3 Å². The number of hydrogen-bond donors (Lipinski definition) is 0. The summed E-state index contributed by atoms with van der Waals surface area (Å²) in [6.45, 7) is 3.03. The quantitative estimate of drug-likeness (QED) is 0.367. The molecule has 0 amide bonds. The van der Waals surface area contributed by atoms with Crippen LogP contribution in [0.5, 0.6) is 0 Å². The van der Waals surface area contributed by atoms with Crippen LogP contribution in [0.15, 0.2) is 34.3 Å². The van der Waals surface area contributed by atoms with Crippen LogP contribution in [0.25, 0.3) is 0 Å². The Bertz CT molecular complexity index is 445. The van der Waals surface area contributed by atoms with E-state index in [1.807, 2.05) is 12.1 Å². The van der Waals surface area contributed by atoms with Gasteiger partial charge >= 0.3 is 0 Å². The summed E-state index contributed by atoms with van der Waals surface area (Å²) < 4.78 is 0. The van der Waals surface area contributed by atoms with Gasteiger partial charge in [0.15, 0.2) is 0 Å². The van der Waals surface area contributed by atoms with Crippen molar-refractivity contribution in [3.63, 3.8) is 0 Å². The van der Waals surface area contributed by atoms with Crippen LogP contribution in [0.1, 0.15) is 44.6 Å². The minimum Gasteiger partial charge on any atom is -0.225 e. The molecule has 0 N–H and O–H groups in total. The summed E-state index contributed by atoms with van der Waals surface area (Å²) in [6, 6.07) is 10.8. The summed E-state index contributed by atoms with van der Waals surface area (Å²) in [5, 5.41) is 0. The molecule has 1 aromatic rings. The van der Waals surface area contributed by atoms with Gasteiger partial charge in [0.25, 0.3) is 0 Å². The normalized spacial score (nSPS) is 9.47. The second-order valence-electron chi connectivity index (χ2n) is 4.52. The first kappa shape index (κ1) is 15.2. The van der Waals surface area contributed by atoms with Crippen LogP contribution < -0.4 is 0 Å². The van der Waals surface area contributed by atoms with Crippen molar-refractivity contribution in [3.05, 3.63) is 29.8 Å². The lowest BCUT2D eigenvalue weighted by Crippen LogP contribution is -1.82. The molecule has 0 aliphatic rings. The largest absolute Gasteiger partial charge is 0.225 e. The van der Waals surface area contributed by atoms with Gasteiger partial charge in [-0.2, -0.15) is 4.99 Å². The van der Waals surface area contributed by atoms with Crippen LogP contribution >= 0.6 is 0 Å². The van der Waals surface area contributed by atoms with Gasteiger partial charge in [-0.15, -0.1) is 12.3 Å². The molecule has 0 aromatic heterocycles. The molecule has 0 fully saturated rings. The Morgan fingerprint density at radius 1 is 1.11 bits per heavy atom. The number of rotatable bonds is 8. The molecule has 100 valence electrons. The third kappa shape index (κ3) is 7.24. The molecular weight excluding hydrogens is 232 g/mol. The average Bonchev–Trinajstić information content (AvgIpc) is 2.45. The van der Waals surface area contributed by atoms with E-state index < -0.39 is 0 Å². The average molecular weight is 254 g/mol. The first-order chi connectivity index (χ1) is 9.36. The van der Waals surface area contributed by atoms with Gasteiger partial charge in [-0.3, -0.25) is 0 Å². The van der Waals surface area contributed by atoms with Crippen molar-refractivity contribution in [1.82, 2.24) is 0 Å². The zero-order valence-electron chi connectivity index (χ0n) is 11.7. The third-order valence-electron chi connectivity index (χ3n) is 2.87. The maximum atomic E-state index is 5.24. The summed E-state index contributed by atoms with van der Waals surface area (Å²) in [5.74, 6) is 2.64. The third-order valence-corrected chi connectivity index (χ3v) is 2.87. The SMILES string of the molecule is C#CCCc1ccc(N=C=NCCCCCC)cc1. The standard InChI is InChI=1S/C17H22N2/c1-3-5-7-8-14-18-15-19-17-12-10-16(11-13-17)9-6-4-2/h2,10-13H,3,5-9,14H2,1H3. The van der Waals surface area contributed by atoms with E-state index >= 15 is 0 Å². The Balaban J connectivity index is 2.35. The molecule has 0 spiro atoms. The molecule has 0 radical (unpaired) electrons. The zero-order valence-corrected chi connectivity index (χ0v) is 11.7. The summed E-state index contributed by atoms with van der Waals surface area (Å²) in [5.41, 5.74) is 2.13. The number of aryl methyl sites for hydroxylation is 1. The minimum atomic E-state index is 0.780. The molecule has 0 atom stereocenters. The fourth-order valence-corrected chi connectivity index (χ4v) is 1.71. The molecule has 2 nitrogen and oxygen atoms in total. The number of benzene rings is 1. The van der Waals surface area contributed by atoms with E-state index in [0.717, 1.165) is 31.5 Å². The van der Waals surface area contributed by atoms with Gasteiger partial charge in [-0.1, -0.05) is 38.3 Å². The van der Waals surface area contributed by atoms with Crippen LogP contribution in [0.2, 0.25) is 0 Å². The summed E-state index contributed by atoms with van der Waals surface area (Å²) in [4.78, 5) is 8.36. The van der Waals surface area contributed by atoms with Crippen molar-refractivity contribution >= 4 is 11.7 Å². The molecule has 0 aliphatic heterocycles. The maximum absolute atomic E-state index is 5.24. The van der Waals surface area contributed by atoms with Crippen molar-refractivity contribution in [2.75, 3.05) is 6.54 Å². The van der Waals surface area contributed by atoms with E-state index in [-0.39, 0.29) is 0 Å². The lowest BCUT2D eigenvalue weighted by atomic mass is 10.1. The number of unbranched alkanes of at least 4 members (excludes halogenated alkanes) is 3. The number of aliphatic imine (C=N–C) groups is 2. The maximum Gasteiger partial charge on any atom is 0.0948 e. The second-order valence-corrected chi connectivity index (χ2v) is 4.52. The fraction of sp³-hybridized carbons (Fsp3) is 0.471. The molecule has 0 unspecified atom stereocenters. The van der Waals surface area contributed by atoms with E-state index in [9.17, 15) is 0 Å². The number of terminal acetylenes is 1. The lowest BCUT2D eigenvalue weighted by Gasteiger charge is -1.97. The van der Waals surface area contributed by atoms with Crippen molar-refractivity contribution in [2.24, 2.45) is 9.98 Å². The van der Waals surface area contributed by atoms with Crippen LogP contribution in [-0.2, 0) is 6.42 Å². The Kier molecular flexibility index (Phi) is 8.10.